The molecule has 7 heteroatoms. The van der Waals surface area contributed by atoms with E-state index in [1.165, 1.54) is 5.57 Å². The standard InChI is InChI=1S/C19H24N4O3/c1-12-9-17(22-19(20)21-12)23-7-5-13(6-8-23)18-15(25-3)10-14(24-2)11-16(18)26-4/h5,9-11H,6-8H2,1-4H3,(H2,20,21,22). The molecule has 0 unspecified atom stereocenters. The number of nitrogens with two attached hydrogens (primary N) is 1. The molecule has 0 bridgehead atoms. The molecule has 1 aromatic heterocycles. The molecule has 2 N–H and O–H groups in total. The lowest BCUT2D eigenvalue weighted by atomic mass is 9.97. The van der Waals surface area contributed by atoms with Crippen molar-refractivity contribution < 1.29 is 14.2 Å². The highest BCUT2D eigenvalue weighted by molar-refractivity contribution is 5.78. The van der Waals surface area contributed by atoms with Crippen LogP contribution in [0.2, 0.25) is 0 Å². The zero-order valence-electron chi connectivity index (χ0n) is 15.6. The fourth-order valence-electron chi connectivity index (χ4n) is 3.16. The van der Waals surface area contributed by atoms with Crippen LogP contribution in [-0.4, -0.2) is 44.4 Å². The Morgan fingerprint density at radius 1 is 1.00 bits per heavy atom. The smallest absolute Gasteiger partial charge is 0.222 e. The Kier molecular flexibility index (Phi) is 5.16. The van der Waals surface area contributed by atoms with Crippen LogP contribution in [0, 0.1) is 6.92 Å². The van der Waals surface area contributed by atoms with Gasteiger partial charge in [0.1, 0.15) is 23.1 Å². The van der Waals surface area contributed by atoms with Gasteiger partial charge in [-0.3, -0.25) is 0 Å². The van der Waals surface area contributed by atoms with Crippen molar-refractivity contribution in [2.45, 2.75) is 13.3 Å². The monoisotopic (exact) mass is 356 g/mol. The van der Waals surface area contributed by atoms with Crippen LogP contribution < -0.4 is 24.8 Å². The van der Waals surface area contributed by atoms with Crippen molar-refractivity contribution in [3.63, 3.8) is 0 Å². The number of anilines is 2. The van der Waals surface area contributed by atoms with Gasteiger partial charge in [-0.15, -0.1) is 0 Å². The molecule has 0 fully saturated rings. The number of nitrogen functional groups attached to an aromatic ring is 1. The van der Waals surface area contributed by atoms with Crippen LogP contribution in [0.15, 0.2) is 24.3 Å². The minimum Gasteiger partial charge on any atom is -0.496 e. The van der Waals surface area contributed by atoms with E-state index in [-0.39, 0.29) is 0 Å². The number of rotatable bonds is 5. The van der Waals surface area contributed by atoms with E-state index in [2.05, 4.69) is 20.9 Å². The summed E-state index contributed by atoms with van der Waals surface area (Å²) in [6, 6.07) is 5.70. The summed E-state index contributed by atoms with van der Waals surface area (Å²) in [5.74, 6) is 3.32. The molecule has 26 heavy (non-hydrogen) atoms. The van der Waals surface area contributed by atoms with Gasteiger partial charge in [-0.1, -0.05) is 6.08 Å². The highest BCUT2D eigenvalue weighted by Crippen LogP contribution is 2.41. The summed E-state index contributed by atoms with van der Waals surface area (Å²) in [5, 5.41) is 0. The van der Waals surface area contributed by atoms with Crippen LogP contribution in [0.4, 0.5) is 11.8 Å². The molecule has 1 aromatic carbocycles. The van der Waals surface area contributed by atoms with Gasteiger partial charge >= 0.3 is 0 Å². The molecule has 138 valence electrons. The number of methoxy groups -OCH3 is 3. The average Bonchev–Trinajstić information content (AvgIpc) is 2.66. The van der Waals surface area contributed by atoms with Crippen molar-refractivity contribution in [1.29, 1.82) is 0 Å². The van der Waals surface area contributed by atoms with Crippen LogP contribution in [-0.2, 0) is 0 Å². The van der Waals surface area contributed by atoms with Gasteiger partial charge in [0, 0.05) is 37.0 Å². The molecular formula is C19H24N4O3. The van der Waals surface area contributed by atoms with E-state index in [4.69, 9.17) is 19.9 Å². The third kappa shape index (κ3) is 3.51. The van der Waals surface area contributed by atoms with Crippen molar-refractivity contribution in [2.24, 2.45) is 0 Å². The summed E-state index contributed by atoms with van der Waals surface area (Å²) in [5.41, 5.74) is 8.78. The van der Waals surface area contributed by atoms with E-state index in [1.807, 2.05) is 25.1 Å². The van der Waals surface area contributed by atoms with E-state index in [9.17, 15) is 0 Å². The summed E-state index contributed by atoms with van der Waals surface area (Å²) >= 11 is 0. The van der Waals surface area contributed by atoms with Gasteiger partial charge in [0.2, 0.25) is 5.95 Å². The van der Waals surface area contributed by atoms with E-state index in [0.717, 1.165) is 48.1 Å². The number of aryl methyl sites for hydroxylation is 1. The largest absolute Gasteiger partial charge is 0.496 e. The number of benzene rings is 1. The normalized spacial score (nSPS) is 14.0. The highest BCUT2D eigenvalue weighted by atomic mass is 16.5. The summed E-state index contributed by atoms with van der Waals surface area (Å²) in [7, 11) is 4.93. The molecule has 0 aliphatic carbocycles. The summed E-state index contributed by atoms with van der Waals surface area (Å²) in [6.07, 6.45) is 3.01. The first kappa shape index (κ1) is 17.8. The molecule has 0 saturated carbocycles. The lowest BCUT2D eigenvalue weighted by molar-refractivity contribution is 0.373. The van der Waals surface area contributed by atoms with Crippen molar-refractivity contribution in [2.75, 3.05) is 45.1 Å². The second-order valence-corrected chi connectivity index (χ2v) is 6.06. The van der Waals surface area contributed by atoms with Gasteiger partial charge < -0.3 is 24.8 Å². The second kappa shape index (κ2) is 7.51. The molecule has 0 atom stereocenters. The highest BCUT2D eigenvalue weighted by Gasteiger charge is 2.21. The van der Waals surface area contributed by atoms with Gasteiger partial charge in [0.25, 0.3) is 0 Å². The van der Waals surface area contributed by atoms with Crippen LogP contribution in [0.1, 0.15) is 17.7 Å². The maximum absolute atomic E-state index is 5.78. The number of hydrogen-bond acceptors (Lipinski definition) is 7. The third-order valence-electron chi connectivity index (χ3n) is 4.43. The molecular weight excluding hydrogens is 332 g/mol. The topological polar surface area (TPSA) is 82.7 Å². The molecule has 2 aromatic rings. The maximum Gasteiger partial charge on any atom is 0.222 e. The zero-order chi connectivity index (χ0) is 18.7. The number of aromatic nitrogens is 2. The van der Waals surface area contributed by atoms with E-state index >= 15 is 0 Å². The van der Waals surface area contributed by atoms with Crippen molar-refractivity contribution >= 4 is 17.3 Å². The van der Waals surface area contributed by atoms with E-state index in [1.54, 1.807) is 21.3 Å². The Morgan fingerprint density at radius 2 is 1.69 bits per heavy atom. The van der Waals surface area contributed by atoms with Gasteiger partial charge in [-0.25, -0.2) is 4.98 Å². The summed E-state index contributed by atoms with van der Waals surface area (Å²) in [4.78, 5) is 10.7. The minimum atomic E-state index is 0.299. The Bertz CT molecular complexity index is 790. The first-order valence-corrected chi connectivity index (χ1v) is 8.41. The van der Waals surface area contributed by atoms with Crippen molar-refractivity contribution in [3.05, 3.63) is 35.5 Å². The van der Waals surface area contributed by atoms with Crippen LogP contribution in [0.3, 0.4) is 0 Å². The number of nitrogens with zero attached hydrogens (tertiary/aromatic N) is 3. The predicted molar refractivity (Wildman–Crippen MR) is 102 cm³/mol. The Labute approximate surface area is 153 Å². The molecule has 0 radical (unpaired) electrons. The average molecular weight is 356 g/mol. The second-order valence-electron chi connectivity index (χ2n) is 6.06. The fourth-order valence-corrected chi connectivity index (χ4v) is 3.16. The van der Waals surface area contributed by atoms with Crippen LogP contribution in [0.25, 0.3) is 5.57 Å². The van der Waals surface area contributed by atoms with Gasteiger partial charge in [0.05, 0.1) is 26.9 Å². The fraction of sp³-hybridized carbons (Fsp3) is 0.368. The lowest BCUT2D eigenvalue weighted by Gasteiger charge is -2.29. The predicted octanol–water partition coefficient (Wildman–Crippen LogP) is 2.69. The molecule has 3 rings (SSSR count). The lowest BCUT2D eigenvalue weighted by Crippen LogP contribution is -2.29. The quantitative estimate of drug-likeness (QED) is 0.882. The Hall–Kier alpha value is -2.96. The Morgan fingerprint density at radius 3 is 2.19 bits per heavy atom. The first-order valence-electron chi connectivity index (χ1n) is 8.41. The summed E-state index contributed by atoms with van der Waals surface area (Å²) < 4.78 is 16.5. The minimum absolute atomic E-state index is 0.299. The SMILES string of the molecule is COc1cc(OC)c(C2=CCN(c3cc(C)nc(N)n3)CC2)c(OC)c1. The van der Waals surface area contributed by atoms with Gasteiger partial charge in [0.15, 0.2) is 0 Å². The van der Waals surface area contributed by atoms with Crippen LogP contribution in [0.5, 0.6) is 17.2 Å². The Balaban J connectivity index is 1.91. The molecule has 1 aliphatic heterocycles. The molecule has 2 heterocycles. The van der Waals surface area contributed by atoms with Crippen LogP contribution >= 0.6 is 0 Å². The number of ether oxygens (including phenoxy) is 3. The molecule has 0 amide bonds. The van der Waals surface area contributed by atoms with Crippen molar-refractivity contribution in [3.8, 4) is 17.2 Å². The molecule has 1 aliphatic rings. The summed E-state index contributed by atoms with van der Waals surface area (Å²) in [6.45, 7) is 3.46. The molecule has 0 saturated heterocycles. The van der Waals surface area contributed by atoms with E-state index < -0.39 is 0 Å². The van der Waals surface area contributed by atoms with Gasteiger partial charge in [-0.2, -0.15) is 4.98 Å². The number of hydrogen-bond donors (Lipinski definition) is 1. The maximum atomic E-state index is 5.78. The third-order valence-corrected chi connectivity index (χ3v) is 4.43. The van der Waals surface area contributed by atoms with Gasteiger partial charge in [-0.05, 0) is 18.9 Å². The molecule has 0 spiro atoms. The van der Waals surface area contributed by atoms with Crippen molar-refractivity contribution in [1.82, 2.24) is 9.97 Å². The first-order chi connectivity index (χ1) is 12.5. The molecule has 7 nitrogen and oxygen atoms in total. The van der Waals surface area contributed by atoms with E-state index in [0.29, 0.717) is 11.7 Å². The zero-order valence-corrected chi connectivity index (χ0v) is 15.6.